The lowest BCUT2D eigenvalue weighted by molar-refractivity contribution is 0.284. The molecule has 166 valence electrons. The predicted molar refractivity (Wildman–Crippen MR) is 133 cm³/mol. The summed E-state index contributed by atoms with van der Waals surface area (Å²) >= 11 is 19.0. The van der Waals surface area contributed by atoms with Gasteiger partial charge in [-0.05, 0) is 48.4 Å². The van der Waals surface area contributed by atoms with Crippen LogP contribution in [0.1, 0.15) is 16.7 Å². The van der Waals surface area contributed by atoms with Crippen molar-refractivity contribution in [3.05, 3.63) is 92.6 Å². The second-order valence-corrected chi connectivity index (χ2v) is 8.59. The van der Waals surface area contributed by atoms with Gasteiger partial charge in [0, 0.05) is 50.3 Å². The lowest BCUT2D eigenvalue weighted by Gasteiger charge is -2.15. The number of fused-ring (bicyclic) bond motifs is 1. The highest BCUT2D eigenvalue weighted by Gasteiger charge is 2.13. The van der Waals surface area contributed by atoms with Crippen molar-refractivity contribution in [1.82, 2.24) is 10.3 Å². The number of H-pyrrole nitrogens is 1. The van der Waals surface area contributed by atoms with Crippen molar-refractivity contribution in [2.24, 2.45) is 0 Å². The molecule has 3 aromatic carbocycles. The van der Waals surface area contributed by atoms with E-state index < -0.39 is 0 Å². The van der Waals surface area contributed by atoms with Gasteiger partial charge in [-0.3, -0.25) is 0 Å². The molecule has 0 unspecified atom stereocenters. The topological polar surface area (TPSA) is 46.3 Å². The van der Waals surface area contributed by atoms with Crippen LogP contribution in [0.4, 0.5) is 0 Å². The third-order valence-electron chi connectivity index (χ3n) is 5.33. The number of ether oxygens (including phenoxy) is 2. The molecule has 0 amide bonds. The van der Waals surface area contributed by atoms with E-state index in [1.807, 2.05) is 12.1 Å². The molecule has 0 aliphatic rings. The van der Waals surface area contributed by atoms with Crippen molar-refractivity contribution in [2.75, 3.05) is 13.7 Å². The molecule has 0 aliphatic carbocycles. The van der Waals surface area contributed by atoms with Gasteiger partial charge in [0.05, 0.1) is 7.11 Å². The van der Waals surface area contributed by atoms with E-state index in [0.29, 0.717) is 33.1 Å². The van der Waals surface area contributed by atoms with Gasteiger partial charge < -0.3 is 19.8 Å². The number of aromatic nitrogens is 1. The predicted octanol–water partition coefficient (Wildman–Crippen LogP) is 7.05. The Labute approximate surface area is 202 Å². The van der Waals surface area contributed by atoms with E-state index in [0.717, 1.165) is 29.6 Å². The van der Waals surface area contributed by atoms with Crippen LogP contribution < -0.4 is 14.8 Å². The molecule has 0 saturated heterocycles. The molecular weight excluding hydrogens is 467 g/mol. The number of para-hydroxylation sites is 1. The minimum atomic E-state index is 0.216. The van der Waals surface area contributed by atoms with Gasteiger partial charge in [-0.15, -0.1) is 0 Å². The van der Waals surface area contributed by atoms with Gasteiger partial charge in [-0.1, -0.05) is 59.1 Å². The van der Waals surface area contributed by atoms with Crippen molar-refractivity contribution >= 4 is 45.7 Å². The highest BCUT2D eigenvalue weighted by atomic mass is 35.5. The number of hydrogen-bond acceptors (Lipinski definition) is 3. The highest BCUT2D eigenvalue weighted by molar-refractivity contribution is 6.36. The minimum absolute atomic E-state index is 0.216. The molecule has 1 aromatic heterocycles. The number of rotatable bonds is 9. The van der Waals surface area contributed by atoms with Crippen LogP contribution in [0.25, 0.3) is 10.9 Å². The lowest BCUT2D eigenvalue weighted by Crippen LogP contribution is -2.17. The van der Waals surface area contributed by atoms with Crippen molar-refractivity contribution in [2.45, 2.75) is 19.6 Å². The number of benzene rings is 3. The third-order valence-corrected chi connectivity index (χ3v) is 6.39. The van der Waals surface area contributed by atoms with E-state index in [1.54, 1.807) is 31.4 Å². The molecule has 7 heteroatoms. The lowest BCUT2D eigenvalue weighted by atomic mass is 10.1. The average Bonchev–Trinajstić information content (AvgIpc) is 3.20. The van der Waals surface area contributed by atoms with Gasteiger partial charge in [0.2, 0.25) is 0 Å². The summed E-state index contributed by atoms with van der Waals surface area (Å²) in [5, 5.41) is 6.43. The van der Waals surface area contributed by atoms with E-state index in [4.69, 9.17) is 44.3 Å². The van der Waals surface area contributed by atoms with Crippen LogP contribution in [-0.2, 0) is 19.6 Å². The number of hydrogen-bond donors (Lipinski definition) is 2. The summed E-state index contributed by atoms with van der Waals surface area (Å²) in [6, 6.07) is 17.3. The summed E-state index contributed by atoms with van der Waals surface area (Å²) in [5.74, 6) is 1.14. The van der Waals surface area contributed by atoms with Crippen molar-refractivity contribution < 1.29 is 9.47 Å². The third kappa shape index (κ3) is 5.16. The molecule has 2 N–H and O–H groups in total. The number of aromatic amines is 1. The number of methoxy groups -OCH3 is 1. The first-order valence-corrected chi connectivity index (χ1v) is 11.4. The molecule has 0 fully saturated rings. The van der Waals surface area contributed by atoms with Crippen LogP contribution in [-0.4, -0.2) is 18.6 Å². The average molecular weight is 490 g/mol. The number of halogens is 3. The van der Waals surface area contributed by atoms with Gasteiger partial charge in [-0.25, -0.2) is 0 Å². The van der Waals surface area contributed by atoms with E-state index in [1.165, 1.54) is 10.9 Å². The Morgan fingerprint density at radius 1 is 0.875 bits per heavy atom. The Hall–Kier alpha value is -2.37. The first-order chi connectivity index (χ1) is 15.6. The molecule has 0 aliphatic heterocycles. The molecular formula is C25H23Cl3N2O2. The second kappa shape index (κ2) is 10.5. The summed E-state index contributed by atoms with van der Waals surface area (Å²) in [5.41, 5.74) is 4.10. The zero-order valence-electron chi connectivity index (χ0n) is 17.6. The molecule has 0 saturated carbocycles. The second-order valence-electron chi connectivity index (χ2n) is 7.37. The van der Waals surface area contributed by atoms with Crippen molar-refractivity contribution in [3.8, 4) is 11.5 Å². The SMILES string of the molecule is COc1cc(CNCCc2c[nH]c3ccccc23)c(Cl)cc1OCc1c(Cl)cccc1Cl. The Bertz CT molecular complexity index is 1200. The van der Waals surface area contributed by atoms with E-state index in [2.05, 4.69) is 34.7 Å². The van der Waals surface area contributed by atoms with E-state index in [-0.39, 0.29) is 6.61 Å². The zero-order valence-corrected chi connectivity index (χ0v) is 19.8. The van der Waals surface area contributed by atoms with Crippen LogP contribution in [0.3, 0.4) is 0 Å². The maximum Gasteiger partial charge on any atom is 0.163 e. The van der Waals surface area contributed by atoms with Gasteiger partial charge in [0.1, 0.15) is 6.61 Å². The first-order valence-electron chi connectivity index (χ1n) is 10.2. The Kier molecular flexibility index (Phi) is 7.48. The summed E-state index contributed by atoms with van der Waals surface area (Å²) in [6.45, 7) is 1.66. The molecule has 0 radical (unpaired) electrons. The van der Waals surface area contributed by atoms with Gasteiger partial charge in [0.25, 0.3) is 0 Å². The summed E-state index contributed by atoms with van der Waals surface area (Å²) < 4.78 is 11.4. The first kappa shape index (κ1) is 22.8. The van der Waals surface area contributed by atoms with Crippen LogP contribution >= 0.6 is 34.8 Å². The minimum Gasteiger partial charge on any atom is -0.493 e. The summed E-state index contributed by atoms with van der Waals surface area (Å²) in [4.78, 5) is 3.31. The highest BCUT2D eigenvalue weighted by Crippen LogP contribution is 2.35. The monoisotopic (exact) mass is 488 g/mol. The Morgan fingerprint density at radius 2 is 1.66 bits per heavy atom. The van der Waals surface area contributed by atoms with Crippen LogP contribution in [0.15, 0.2) is 60.8 Å². The fourth-order valence-corrected chi connectivity index (χ4v) is 4.32. The molecule has 0 spiro atoms. The maximum atomic E-state index is 6.53. The molecule has 32 heavy (non-hydrogen) atoms. The smallest absolute Gasteiger partial charge is 0.163 e. The van der Waals surface area contributed by atoms with Crippen molar-refractivity contribution in [3.63, 3.8) is 0 Å². The molecule has 0 bridgehead atoms. The van der Waals surface area contributed by atoms with Crippen LogP contribution in [0, 0.1) is 0 Å². The Morgan fingerprint density at radius 3 is 2.44 bits per heavy atom. The van der Waals surface area contributed by atoms with Gasteiger partial charge in [0.15, 0.2) is 11.5 Å². The molecule has 4 nitrogen and oxygen atoms in total. The Balaban J connectivity index is 1.38. The maximum absolute atomic E-state index is 6.53. The fourth-order valence-electron chi connectivity index (χ4n) is 3.59. The molecule has 4 rings (SSSR count). The fraction of sp³-hybridized carbons (Fsp3) is 0.200. The van der Waals surface area contributed by atoms with Gasteiger partial charge in [-0.2, -0.15) is 0 Å². The summed E-state index contributed by atoms with van der Waals surface area (Å²) in [6.07, 6.45) is 2.98. The van der Waals surface area contributed by atoms with E-state index >= 15 is 0 Å². The van der Waals surface area contributed by atoms with Gasteiger partial charge >= 0.3 is 0 Å². The standard InChI is InChI=1S/C25H23Cl3N2O2/c1-31-24-11-17(13-29-10-9-16-14-30-23-8-3-2-5-18(16)23)22(28)12-25(24)32-15-19-20(26)6-4-7-21(19)27/h2-8,11-12,14,29-30H,9-10,13,15H2,1H3. The number of nitrogens with one attached hydrogen (secondary N) is 2. The van der Waals surface area contributed by atoms with E-state index in [9.17, 15) is 0 Å². The quantitative estimate of drug-likeness (QED) is 0.248. The molecule has 0 atom stereocenters. The zero-order chi connectivity index (χ0) is 22.5. The molecule has 4 aromatic rings. The van der Waals surface area contributed by atoms with Crippen LogP contribution in [0.5, 0.6) is 11.5 Å². The summed E-state index contributed by atoms with van der Waals surface area (Å²) in [7, 11) is 1.60. The van der Waals surface area contributed by atoms with Crippen molar-refractivity contribution in [1.29, 1.82) is 0 Å². The molecule has 1 heterocycles. The largest absolute Gasteiger partial charge is 0.493 e. The normalized spacial score (nSPS) is 11.1. The van der Waals surface area contributed by atoms with Crippen LogP contribution in [0.2, 0.25) is 15.1 Å².